The van der Waals surface area contributed by atoms with Gasteiger partial charge in [-0.05, 0) is 36.2 Å². The maximum atomic E-state index is 12.9. The van der Waals surface area contributed by atoms with Crippen LogP contribution in [0, 0.1) is 6.92 Å². The first-order chi connectivity index (χ1) is 18.5. The number of hydrogen-bond acceptors (Lipinski definition) is 7. The molecule has 12 heteroatoms. The number of carbonyl (C=O) groups is 4. The van der Waals surface area contributed by atoms with Crippen molar-refractivity contribution < 1.29 is 29.0 Å². The lowest BCUT2D eigenvalue weighted by Crippen LogP contribution is -2.41. The van der Waals surface area contributed by atoms with Crippen molar-refractivity contribution in [3.63, 3.8) is 0 Å². The topological polar surface area (TPSA) is 150 Å². The Kier molecular flexibility index (Phi) is 9.98. The molecule has 11 nitrogen and oxygen atoms in total. The minimum absolute atomic E-state index is 0.0560. The zero-order valence-electron chi connectivity index (χ0n) is 22.1. The number of para-hydroxylation sites is 1. The predicted octanol–water partition coefficient (Wildman–Crippen LogP) is 3.44. The molecule has 0 bridgehead atoms. The highest BCUT2D eigenvalue weighted by atomic mass is 32.1. The van der Waals surface area contributed by atoms with Crippen LogP contribution in [0.1, 0.15) is 27.9 Å². The minimum Gasteiger partial charge on any atom is -0.495 e. The first-order valence-corrected chi connectivity index (χ1v) is 12.8. The van der Waals surface area contributed by atoms with Gasteiger partial charge in [0.2, 0.25) is 11.8 Å². The van der Waals surface area contributed by atoms with Crippen molar-refractivity contribution in [2.24, 2.45) is 0 Å². The number of thiazole rings is 1. The van der Waals surface area contributed by atoms with E-state index < -0.39 is 23.9 Å². The fourth-order valence-corrected chi connectivity index (χ4v) is 4.73. The Labute approximate surface area is 230 Å². The van der Waals surface area contributed by atoms with Crippen LogP contribution in [-0.2, 0) is 33.8 Å². The quantitative estimate of drug-likeness (QED) is 0.284. The van der Waals surface area contributed by atoms with Crippen molar-refractivity contribution in [2.45, 2.75) is 39.3 Å². The number of carbonyl (C=O) groups excluding carboxylic acids is 3. The van der Waals surface area contributed by atoms with Gasteiger partial charge in [0.15, 0.2) is 0 Å². The minimum atomic E-state index is -1.14. The Morgan fingerprint density at radius 3 is 2.49 bits per heavy atom. The van der Waals surface area contributed by atoms with E-state index in [1.165, 1.54) is 25.4 Å². The van der Waals surface area contributed by atoms with E-state index in [4.69, 9.17) is 4.74 Å². The van der Waals surface area contributed by atoms with E-state index in [1.54, 1.807) is 36.3 Å². The normalized spacial score (nSPS) is 11.3. The van der Waals surface area contributed by atoms with Crippen LogP contribution in [0.2, 0.25) is 0 Å². The second-order valence-corrected chi connectivity index (χ2v) is 10.1. The summed E-state index contributed by atoms with van der Waals surface area (Å²) in [5, 5.41) is 17.8. The number of carboxylic acid groups (broad SMARTS) is 1. The molecular formula is C27H31N5O6S. The van der Waals surface area contributed by atoms with Gasteiger partial charge in [-0.3, -0.25) is 9.59 Å². The Morgan fingerprint density at radius 2 is 1.82 bits per heavy atom. The van der Waals surface area contributed by atoms with Gasteiger partial charge in [-0.25, -0.2) is 14.6 Å². The molecule has 39 heavy (non-hydrogen) atoms. The summed E-state index contributed by atoms with van der Waals surface area (Å²) in [5.74, 6) is -1.30. The van der Waals surface area contributed by atoms with E-state index in [0.717, 1.165) is 10.4 Å². The first kappa shape index (κ1) is 29.1. The molecule has 0 fully saturated rings. The number of methoxy groups -OCH3 is 1. The Bertz CT molecular complexity index is 1360. The summed E-state index contributed by atoms with van der Waals surface area (Å²) in [6.07, 6.45) is 1.76. The van der Waals surface area contributed by atoms with Gasteiger partial charge in [-0.15, -0.1) is 11.3 Å². The van der Waals surface area contributed by atoms with Crippen LogP contribution in [-0.4, -0.2) is 59.0 Å². The van der Waals surface area contributed by atoms with Gasteiger partial charge in [-0.2, -0.15) is 0 Å². The summed E-state index contributed by atoms with van der Waals surface area (Å²) in [4.78, 5) is 54.5. The summed E-state index contributed by atoms with van der Waals surface area (Å²) in [6, 6.07) is 11.1. The molecule has 3 rings (SSSR count). The molecular weight excluding hydrogens is 522 g/mol. The van der Waals surface area contributed by atoms with Crippen LogP contribution < -0.4 is 20.7 Å². The lowest BCUT2D eigenvalue weighted by atomic mass is 10.1. The number of nitrogens with one attached hydrogen (secondary N) is 3. The summed E-state index contributed by atoms with van der Waals surface area (Å²) in [5.41, 5.74) is 2.80. The van der Waals surface area contributed by atoms with Crippen LogP contribution in [0.25, 0.3) is 0 Å². The molecule has 0 aliphatic carbocycles. The number of amides is 4. The van der Waals surface area contributed by atoms with Gasteiger partial charge >= 0.3 is 12.0 Å². The zero-order valence-corrected chi connectivity index (χ0v) is 22.9. The van der Waals surface area contributed by atoms with Crippen molar-refractivity contribution >= 4 is 46.5 Å². The molecule has 3 aromatic rings. The Morgan fingerprint density at radius 1 is 1.10 bits per heavy atom. The van der Waals surface area contributed by atoms with Crippen LogP contribution in [0.5, 0.6) is 5.75 Å². The van der Waals surface area contributed by atoms with Crippen molar-refractivity contribution in [2.75, 3.05) is 24.8 Å². The smallest absolute Gasteiger partial charge is 0.326 e. The van der Waals surface area contributed by atoms with E-state index in [1.807, 2.05) is 31.2 Å². The van der Waals surface area contributed by atoms with Crippen molar-refractivity contribution in [1.82, 2.24) is 15.2 Å². The molecule has 0 saturated carbocycles. The number of nitrogens with zero attached hydrogens (tertiary/aromatic N) is 2. The van der Waals surface area contributed by atoms with Crippen molar-refractivity contribution in [3.8, 4) is 5.75 Å². The number of benzene rings is 2. The SMILES string of the molecule is COc1cc(CC(=O)N(C)Cc2cnc(CC(NC(C)=O)C(=O)O)s2)ccc1NC(=O)Nc1ccccc1C. The van der Waals surface area contributed by atoms with E-state index >= 15 is 0 Å². The largest absolute Gasteiger partial charge is 0.495 e. The number of hydrogen-bond donors (Lipinski definition) is 4. The molecule has 0 aliphatic heterocycles. The average Bonchev–Trinajstić information content (AvgIpc) is 3.32. The van der Waals surface area contributed by atoms with Gasteiger partial charge in [0.1, 0.15) is 11.8 Å². The molecule has 1 heterocycles. The molecule has 1 aromatic heterocycles. The number of aryl methyl sites for hydroxylation is 1. The molecule has 4 amide bonds. The number of urea groups is 1. The maximum absolute atomic E-state index is 12.9. The van der Waals surface area contributed by atoms with E-state index in [2.05, 4.69) is 20.9 Å². The fourth-order valence-electron chi connectivity index (χ4n) is 3.70. The highest BCUT2D eigenvalue weighted by molar-refractivity contribution is 7.11. The van der Waals surface area contributed by atoms with Crippen LogP contribution in [0.3, 0.4) is 0 Å². The van der Waals surface area contributed by atoms with E-state index in [9.17, 15) is 24.3 Å². The highest BCUT2D eigenvalue weighted by Gasteiger charge is 2.21. The lowest BCUT2D eigenvalue weighted by molar-refractivity contribution is -0.141. The number of rotatable bonds is 11. The molecule has 1 unspecified atom stereocenters. The summed E-state index contributed by atoms with van der Waals surface area (Å²) in [7, 11) is 3.15. The number of likely N-dealkylation sites (N-methyl/N-ethyl adjacent to an activating group) is 1. The number of ether oxygens (including phenoxy) is 1. The molecule has 4 N–H and O–H groups in total. The summed E-state index contributed by atoms with van der Waals surface area (Å²) in [6.45, 7) is 3.45. The Hall–Kier alpha value is -4.45. The third-order valence-corrected chi connectivity index (χ3v) is 6.74. The molecule has 206 valence electrons. The standard InChI is InChI=1S/C27H31N5O6S/c1-16-7-5-6-8-20(16)30-27(37)31-21-10-9-18(11-23(21)38-4)12-25(34)32(3)15-19-14-28-24(39-19)13-22(26(35)36)29-17(2)33/h5-11,14,22H,12-13,15H2,1-4H3,(H,29,33)(H,35,36)(H2,30,31,37). The van der Waals surface area contributed by atoms with Gasteiger partial charge in [0.05, 0.1) is 30.8 Å². The number of carboxylic acids is 1. The highest BCUT2D eigenvalue weighted by Crippen LogP contribution is 2.27. The van der Waals surface area contributed by atoms with E-state index in [-0.39, 0.29) is 18.7 Å². The zero-order chi connectivity index (χ0) is 28.5. The molecule has 0 saturated heterocycles. The van der Waals surface area contributed by atoms with Crippen LogP contribution in [0.4, 0.5) is 16.2 Å². The van der Waals surface area contributed by atoms with Crippen LogP contribution >= 0.6 is 11.3 Å². The number of aromatic nitrogens is 1. The maximum Gasteiger partial charge on any atom is 0.326 e. The summed E-state index contributed by atoms with van der Waals surface area (Å²) >= 11 is 1.29. The Balaban J connectivity index is 1.58. The molecule has 0 aliphatic rings. The number of anilines is 2. The van der Waals surface area contributed by atoms with Gasteiger partial charge in [0.25, 0.3) is 0 Å². The third kappa shape index (κ3) is 8.54. The van der Waals surface area contributed by atoms with Gasteiger partial charge in [-0.1, -0.05) is 24.3 Å². The number of aliphatic carboxylic acids is 1. The van der Waals surface area contributed by atoms with Gasteiger partial charge in [0, 0.05) is 37.2 Å². The molecule has 1 atom stereocenters. The molecule has 2 aromatic carbocycles. The second kappa shape index (κ2) is 13.4. The van der Waals surface area contributed by atoms with Crippen molar-refractivity contribution in [1.29, 1.82) is 0 Å². The van der Waals surface area contributed by atoms with Gasteiger partial charge < -0.3 is 30.7 Å². The lowest BCUT2D eigenvalue weighted by Gasteiger charge is -2.17. The third-order valence-electron chi connectivity index (χ3n) is 5.74. The first-order valence-electron chi connectivity index (χ1n) is 12.0. The van der Waals surface area contributed by atoms with Crippen molar-refractivity contribution in [3.05, 3.63) is 69.7 Å². The monoisotopic (exact) mass is 553 g/mol. The fraction of sp³-hybridized carbons (Fsp3) is 0.296. The average molecular weight is 554 g/mol. The predicted molar refractivity (Wildman–Crippen MR) is 148 cm³/mol. The molecule has 0 radical (unpaired) electrons. The second-order valence-electron chi connectivity index (χ2n) is 8.87. The van der Waals surface area contributed by atoms with Crippen LogP contribution in [0.15, 0.2) is 48.7 Å². The van der Waals surface area contributed by atoms with E-state index in [0.29, 0.717) is 34.2 Å². The molecule has 0 spiro atoms. The summed E-state index contributed by atoms with van der Waals surface area (Å²) < 4.78 is 5.43.